The molecule has 2 aromatic heterocycles. The largest absolute Gasteiger partial charge is 0.497 e. The summed E-state index contributed by atoms with van der Waals surface area (Å²) < 4.78 is 41.9. The Morgan fingerprint density at radius 1 is 0.951 bits per heavy atom. The second kappa shape index (κ2) is 20.1. The number of methoxy groups -OCH3 is 3. The van der Waals surface area contributed by atoms with Crippen LogP contribution in [0.4, 0.5) is 5.95 Å². The van der Waals surface area contributed by atoms with Gasteiger partial charge in [-0.05, 0) is 68.7 Å². The average Bonchev–Trinajstić information content (AvgIpc) is 3.85. The number of nitriles is 1. The molecule has 61 heavy (non-hydrogen) atoms. The van der Waals surface area contributed by atoms with Crippen molar-refractivity contribution in [3.8, 4) is 17.6 Å². The molecule has 6 rings (SSSR count). The first-order valence-electron chi connectivity index (χ1n) is 20.0. The number of aromatic amines is 1. The fraction of sp³-hybridized carbons (Fsp3) is 0.432. The number of hydrogen-bond donors (Lipinski definition) is 2. The predicted molar refractivity (Wildman–Crippen MR) is 233 cm³/mol. The van der Waals surface area contributed by atoms with Crippen LogP contribution in [-0.2, 0) is 23.9 Å². The molecule has 1 aliphatic rings. The molecular weight excluding hydrogens is 800 g/mol. The zero-order valence-corrected chi connectivity index (χ0v) is 36.9. The van der Waals surface area contributed by atoms with Crippen LogP contribution in [0.1, 0.15) is 57.0 Å². The number of aliphatic imine (C=N–C) groups is 1. The van der Waals surface area contributed by atoms with Gasteiger partial charge in [0, 0.05) is 33.3 Å². The van der Waals surface area contributed by atoms with Crippen molar-refractivity contribution >= 4 is 32.0 Å². The quantitative estimate of drug-likeness (QED) is 0.0310. The van der Waals surface area contributed by atoms with E-state index in [2.05, 4.69) is 30.7 Å². The third kappa shape index (κ3) is 9.34. The molecule has 0 amide bonds. The number of nitrogens with one attached hydrogen (secondary N) is 1. The lowest BCUT2D eigenvalue weighted by molar-refractivity contribution is -0.0965. The van der Waals surface area contributed by atoms with Crippen molar-refractivity contribution in [2.75, 3.05) is 42.0 Å². The summed E-state index contributed by atoms with van der Waals surface area (Å²) in [6.07, 6.45) is -2.43. The van der Waals surface area contributed by atoms with Crippen LogP contribution < -0.4 is 15.0 Å². The predicted octanol–water partition coefficient (Wildman–Crippen LogP) is 6.33. The lowest BCUT2D eigenvalue weighted by Crippen LogP contribution is -2.53. The summed E-state index contributed by atoms with van der Waals surface area (Å²) in [7, 11) is 6.46. The number of nitrogens with zero attached hydrogens (tertiary/aromatic N) is 7. The topological polar surface area (TPSA) is 182 Å². The van der Waals surface area contributed by atoms with Crippen LogP contribution in [-0.4, -0.2) is 119 Å². The van der Waals surface area contributed by atoms with E-state index >= 15 is 0 Å². The van der Waals surface area contributed by atoms with Gasteiger partial charge in [-0.3, -0.25) is 14.3 Å². The van der Waals surface area contributed by atoms with E-state index in [9.17, 15) is 15.2 Å². The van der Waals surface area contributed by atoms with Crippen LogP contribution in [0.15, 0.2) is 95.0 Å². The Balaban J connectivity index is 1.61. The normalized spacial score (nSPS) is 19.2. The smallest absolute Gasteiger partial charge is 0.280 e. The summed E-state index contributed by atoms with van der Waals surface area (Å²) in [5, 5.41) is 23.2. The van der Waals surface area contributed by atoms with Crippen molar-refractivity contribution < 1.29 is 33.1 Å². The number of imidazole rings is 1. The van der Waals surface area contributed by atoms with Crippen LogP contribution in [0.2, 0.25) is 0 Å². The Morgan fingerprint density at radius 2 is 1.54 bits per heavy atom. The SMILES string of the molecule is COc1ccc(C(c2ccccc2)(c2ccc(OC)cc2)C(O)[C@H]2O[C@@H](n3cnc4c(=O)[nH]c(/N=C/N(C)C)nc43)[C@H](OC)[C@@H]2OP(OCCC#N)N(C(C)C)C(C)C)cc1. The lowest BCUT2D eigenvalue weighted by atomic mass is 9.64. The summed E-state index contributed by atoms with van der Waals surface area (Å²) in [5.74, 6) is 1.34. The van der Waals surface area contributed by atoms with E-state index in [1.807, 2.05) is 107 Å². The first-order chi connectivity index (χ1) is 29.4. The number of hydrogen-bond acceptors (Lipinski definition) is 13. The maximum atomic E-state index is 13.6. The van der Waals surface area contributed by atoms with Crippen LogP contribution in [0.25, 0.3) is 11.2 Å². The van der Waals surface area contributed by atoms with E-state index in [1.54, 1.807) is 37.8 Å². The Labute approximate surface area is 357 Å². The minimum absolute atomic E-state index is 0.0349. The van der Waals surface area contributed by atoms with Crippen molar-refractivity contribution in [3.05, 3.63) is 112 Å². The summed E-state index contributed by atoms with van der Waals surface area (Å²) >= 11 is 0. The number of aliphatic hydroxyl groups excluding tert-OH is 1. The van der Waals surface area contributed by atoms with Gasteiger partial charge in [-0.2, -0.15) is 10.2 Å². The third-order valence-corrected chi connectivity index (χ3v) is 12.7. The molecule has 0 saturated carbocycles. The highest BCUT2D eigenvalue weighted by atomic mass is 31.2. The van der Waals surface area contributed by atoms with Gasteiger partial charge in [-0.1, -0.05) is 54.6 Å². The molecule has 0 radical (unpaired) electrons. The molecule has 1 saturated heterocycles. The van der Waals surface area contributed by atoms with Gasteiger partial charge in [-0.15, -0.1) is 0 Å². The van der Waals surface area contributed by atoms with E-state index < -0.39 is 50.1 Å². The highest BCUT2D eigenvalue weighted by Crippen LogP contribution is 2.54. The van der Waals surface area contributed by atoms with Gasteiger partial charge in [-0.25, -0.2) is 14.6 Å². The number of benzene rings is 3. The third-order valence-electron chi connectivity index (χ3n) is 10.6. The standard InChI is InChI=1S/C44H55N8O8P/c1-28(2)52(29(3)4)61(58-25-13-24-45)60-36-37(59-42(38(36)57-9)51-27-46-35-40(51)48-43(49-41(35)54)47-26-50(5)6)39(53)44(30-14-11-10-12-15-30,31-16-20-33(55-7)21-17-31)32-18-22-34(56-8)23-19-32/h10-12,14-23,26-29,36-39,42,53H,13,25H2,1-9H3,(H,48,49,54)/b47-26+/t36-,37+,38-,39?,42-,61?/m1/s1. The second-order valence-corrected chi connectivity index (χ2v) is 16.7. The first kappa shape index (κ1) is 45.3. The first-order valence-corrected chi connectivity index (χ1v) is 21.2. The molecule has 2 N–H and O–H groups in total. The number of fused-ring (bicyclic) bond motifs is 1. The Hall–Kier alpha value is -5.24. The molecule has 0 spiro atoms. The highest BCUT2D eigenvalue weighted by molar-refractivity contribution is 7.44. The maximum absolute atomic E-state index is 13.6. The molecule has 17 heteroatoms. The molecule has 16 nitrogen and oxygen atoms in total. The monoisotopic (exact) mass is 854 g/mol. The van der Waals surface area contributed by atoms with Gasteiger partial charge in [0.25, 0.3) is 14.1 Å². The van der Waals surface area contributed by atoms with Crippen molar-refractivity contribution in [2.45, 2.75) is 82.3 Å². The van der Waals surface area contributed by atoms with Crippen LogP contribution in [0.5, 0.6) is 11.5 Å². The van der Waals surface area contributed by atoms with Crippen LogP contribution in [0.3, 0.4) is 0 Å². The summed E-state index contributed by atoms with van der Waals surface area (Å²) in [6.45, 7) is 8.30. The van der Waals surface area contributed by atoms with Crippen molar-refractivity contribution in [1.82, 2.24) is 29.1 Å². The molecule has 0 aliphatic carbocycles. The molecule has 1 aliphatic heterocycles. The molecule has 0 bridgehead atoms. The number of aliphatic hydroxyl groups is 1. The van der Waals surface area contributed by atoms with E-state index in [4.69, 9.17) is 28.0 Å². The molecular formula is C44H55N8O8P. The van der Waals surface area contributed by atoms with E-state index in [-0.39, 0.29) is 42.2 Å². The van der Waals surface area contributed by atoms with Crippen molar-refractivity contribution in [3.63, 3.8) is 0 Å². The molecule has 324 valence electrons. The number of H-pyrrole nitrogens is 1. The van der Waals surface area contributed by atoms with Gasteiger partial charge in [0.1, 0.15) is 35.9 Å². The minimum atomic E-state index is -1.90. The van der Waals surface area contributed by atoms with Crippen LogP contribution in [0, 0.1) is 11.3 Å². The minimum Gasteiger partial charge on any atom is -0.497 e. The Kier molecular flexibility index (Phi) is 14.9. The maximum Gasteiger partial charge on any atom is 0.280 e. The summed E-state index contributed by atoms with van der Waals surface area (Å²) in [6, 6.07) is 27.0. The fourth-order valence-electron chi connectivity index (χ4n) is 7.91. The van der Waals surface area contributed by atoms with Gasteiger partial charge in [0.05, 0.1) is 51.4 Å². The second-order valence-electron chi connectivity index (χ2n) is 15.3. The number of rotatable bonds is 19. The molecule has 1 fully saturated rings. The van der Waals surface area contributed by atoms with Gasteiger partial charge in [0.15, 0.2) is 17.4 Å². The summed E-state index contributed by atoms with van der Waals surface area (Å²) in [4.78, 5) is 31.2. The molecule has 6 atom stereocenters. The van der Waals surface area contributed by atoms with Crippen molar-refractivity contribution in [1.29, 1.82) is 5.26 Å². The number of ether oxygens (including phenoxy) is 4. The average molecular weight is 855 g/mol. The van der Waals surface area contributed by atoms with E-state index in [0.717, 1.165) is 16.7 Å². The van der Waals surface area contributed by atoms with Gasteiger partial charge < -0.3 is 38.0 Å². The Bertz CT molecular complexity index is 2260. The molecule has 5 aromatic rings. The molecule has 2 unspecified atom stereocenters. The fourth-order valence-corrected chi connectivity index (χ4v) is 9.66. The zero-order chi connectivity index (χ0) is 43.8. The van der Waals surface area contributed by atoms with E-state index in [1.165, 1.54) is 19.8 Å². The van der Waals surface area contributed by atoms with E-state index in [0.29, 0.717) is 11.5 Å². The molecule has 3 aromatic carbocycles. The van der Waals surface area contributed by atoms with Crippen LogP contribution >= 0.6 is 8.53 Å². The molecule has 3 heterocycles. The lowest BCUT2D eigenvalue weighted by Gasteiger charge is -2.44. The summed E-state index contributed by atoms with van der Waals surface area (Å²) in [5.41, 5.74) is 0.675. The number of aromatic nitrogens is 4. The van der Waals surface area contributed by atoms with Gasteiger partial charge in [0.2, 0.25) is 5.95 Å². The van der Waals surface area contributed by atoms with Crippen molar-refractivity contribution in [2.24, 2.45) is 4.99 Å². The zero-order valence-electron chi connectivity index (χ0n) is 36.0. The van der Waals surface area contributed by atoms with Gasteiger partial charge >= 0.3 is 0 Å². The highest BCUT2D eigenvalue weighted by Gasteiger charge is 2.58. The Morgan fingerprint density at radius 3 is 2.07 bits per heavy atom.